The van der Waals surface area contributed by atoms with Crippen molar-refractivity contribution >= 4 is 52.5 Å². The van der Waals surface area contributed by atoms with Crippen LogP contribution in [-0.2, 0) is 9.59 Å². The maximum absolute atomic E-state index is 12.1. The molecular formula is C18H18Cl2N2O2S. The summed E-state index contributed by atoms with van der Waals surface area (Å²) in [7, 11) is 0. The summed E-state index contributed by atoms with van der Waals surface area (Å²) in [4.78, 5) is 25.0. The van der Waals surface area contributed by atoms with Crippen molar-refractivity contribution in [3.63, 3.8) is 0 Å². The normalized spacial score (nSPS) is 11.7. The summed E-state index contributed by atoms with van der Waals surface area (Å²) in [5, 5.41) is 6.08. The summed E-state index contributed by atoms with van der Waals surface area (Å²) < 4.78 is 0. The molecule has 1 atom stereocenters. The van der Waals surface area contributed by atoms with E-state index in [2.05, 4.69) is 10.6 Å². The second-order valence-corrected chi connectivity index (χ2v) is 7.72. The van der Waals surface area contributed by atoms with Crippen molar-refractivity contribution in [2.45, 2.75) is 24.0 Å². The zero-order chi connectivity index (χ0) is 18.4. The SMILES string of the molecule is Cc1ccc(NC(=O)CNC(=O)C(C)Sc2ccc(Cl)cc2)c(Cl)c1. The van der Waals surface area contributed by atoms with Gasteiger partial charge in [0.25, 0.3) is 0 Å². The van der Waals surface area contributed by atoms with Gasteiger partial charge in [-0.2, -0.15) is 0 Å². The third kappa shape index (κ3) is 6.27. The Bertz CT molecular complexity index is 766. The summed E-state index contributed by atoms with van der Waals surface area (Å²) in [6, 6.07) is 12.6. The molecule has 2 rings (SSSR count). The first kappa shape index (κ1) is 19.6. The molecule has 0 saturated heterocycles. The van der Waals surface area contributed by atoms with Gasteiger partial charge in [0.1, 0.15) is 0 Å². The third-order valence-corrected chi connectivity index (χ3v) is 4.99. The smallest absolute Gasteiger partial charge is 0.243 e. The zero-order valence-corrected chi connectivity index (χ0v) is 16.1. The van der Waals surface area contributed by atoms with E-state index < -0.39 is 0 Å². The van der Waals surface area contributed by atoms with Gasteiger partial charge in [-0.05, 0) is 55.8 Å². The molecule has 0 aliphatic rings. The van der Waals surface area contributed by atoms with E-state index in [-0.39, 0.29) is 23.6 Å². The van der Waals surface area contributed by atoms with Crippen LogP contribution in [0.3, 0.4) is 0 Å². The van der Waals surface area contributed by atoms with Crippen LogP contribution < -0.4 is 10.6 Å². The summed E-state index contributed by atoms with van der Waals surface area (Å²) in [6.45, 7) is 3.58. The fourth-order valence-corrected chi connectivity index (χ4v) is 3.30. The van der Waals surface area contributed by atoms with E-state index >= 15 is 0 Å². The number of halogens is 2. The van der Waals surface area contributed by atoms with E-state index in [1.807, 2.05) is 25.1 Å². The second-order valence-electron chi connectivity index (χ2n) is 5.46. The van der Waals surface area contributed by atoms with Gasteiger partial charge in [-0.1, -0.05) is 29.3 Å². The van der Waals surface area contributed by atoms with Crippen LogP contribution in [-0.4, -0.2) is 23.6 Å². The van der Waals surface area contributed by atoms with Crippen molar-refractivity contribution in [2.24, 2.45) is 0 Å². The van der Waals surface area contributed by atoms with Crippen LogP contribution in [0.25, 0.3) is 0 Å². The largest absolute Gasteiger partial charge is 0.346 e. The molecule has 0 aliphatic heterocycles. The van der Waals surface area contributed by atoms with E-state index in [1.54, 1.807) is 31.2 Å². The molecule has 0 radical (unpaired) electrons. The number of nitrogens with one attached hydrogen (secondary N) is 2. The maximum Gasteiger partial charge on any atom is 0.243 e. The first-order valence-electron chi connectivity index (χ1n) is 7.61. The van der Waals surface area contributed by atoms with E-state index in [1.165, 1.54) is 11.8 Å². The number of benzene rings is 2. The number of hydrogen-bond donors (Lipinski definition) is 2. The lowest BCUT2D eigenvalue weighted by molar-refractivity contribution is -0.123. The molecule has 0 bridgehead atoms. The predicted molar refractivity (Wildman–Crippen MR) is 105 cm³/mol. The van der Waals surface area contributed by atoms with Crippen LogP contribution in [0, 0.1) is 6.92 Å². The van der Waals surface area contributed by atoms with Crippen LogP contribution in [0.4, 0.5) is 5.69 Å². The lowest BCUT2D eigenvalue weighted by Crippen LogP contribution is -2.37. The Hall–Kier alpha value is -1.69. The van der Waals surface area contributed by atoms with Crippen LogP contribution in [0.2, 0.25) is 10.0 Å². The average Bonchev–Trinajstić information content (AvgIpc) is 2.57. The van der Waals surface area contributed by atoms with Crippen LogP contribution in [0.15, 0.2) is 47.4 Å². The predicted octanol–water partition coefficient (Wildman–Crippen LogP) is 4.54. The number of amides is 2. The minimum absolute atomic E-state index is 0.117. The molecule has 0 aliphatic carbocycles. The maximum atomic E-state index is 12.1. The van der Waals surface area contributed by atoms with Gasteiger partial charge in [-0.25, -0.2) is 0 Å². The topological polar surface area (TPSA) is 58.2 Å². The van der Waals surface area contributed by atoms with Gasteiger partial charge in [-0.15, -0.1) is 11.8 Å². The number of aryl methyl sites for hydroxylation is 1. The molecule has 0 heterocycles. The van der Waals surface area contributed by atoms with Crippen molar-refractivity contribution in [3.8, 4) is 0 Å². The molecule has 25 heavy (non-hydrogen) atoms. The highest BCUT2D eigenvalue weighted by atomic mass is 35.5. The number of thioether (sulfide) groups is 1. The first-order valence-corrected chi connectivity index (χ1v) is 9.24. The lowest BCUT2D eigenvalue weighted by atomic mass is 10.2. The molecule has 2 amide bonds. The number of anilines is 1. The minimum Gasteiger partial charge on any atom is -0.346 e. The van der Waals surface area contributed by atoms with Crippen LogP contribution in [0.1, 0.15) is 12.5 Å². The molecule has 0 fully saturated rings. The van der Waals surface area contributed by atoms with Gasteiger partial charge >= 0.3 is 0 Å². The van der Waals surface area contributed by atoms with Crippen molar-refractivity contribution in [1.29, 1.82) is 0 Å². The standard InChI is InChI=1S/C18H18Cl2N2O2S/c1-11-3-8-16(15(20)9-11)22-17(23)10-21-18(24)12(2)25-14-6-4-13(19)5-7-14/h3-9,12H,10H2,1-2H3,(H,21,24)(H,22,23). The number of carbonyl (C=O) groups is 2. The molecule has 0 aromatic heterocycles. The van der Waals surface area contributed by atoms with Crippen LogP contribution in [0.5, 0.6) is 0 Å². The number of rotatable bonds is 6. The molecule has 1 unspecified atom stereocenters. The van der Waals surface area contributed by atoms with E-state index in [9.17, 15) is 9.59 Å². The zero-order valence-electron chi connectivity index (χ0n) is 13.8. The van der Waals surface area contributed by atoms with E-state index in [0.29, 0.717) is 15.7 Å². The molecule has 2 N–H and O–H groups in total. The molecule has 2 aromatic rings. The summed E-state index contributed by atoms with van der Waals surface area (Å²) in [5.74, 6) is -0.548. The molecule has 2 aromatic carbocycles. The highest BCUT2D eigenvalue weighted by Crippen LogP contribution is 2.25. The van der Waals surface area contributed by atoms with Crippen LogP contribution >= 0.6 is 35.0 Å². The molecular weight excluding hydrogens is 379 g/mol. The molecule has 4 nitrogen and oxygen atoms in total. The first-order chi connectivity index (χ1) is 11.8. The minimum atomic E-state index is -0.336. The fraction of sp³-hybridized carbons (Fsp3) is 0.222. The van der Waals surface area contributed by atoms with Gasteiger partial charge in [0.2, 0.25) is 11.8 Å². The summed E-state index contributed by atoms with van der Waals surface area (Å²) in [6.07, 6.45) is 0. The highest BCUT2D eigenvalue weighted by Gasteiger charge is 2.15. The Morgan fingerprint density at radius 1 is 1.12 bits per heavy atom. The Kier molecular flexibility index (Phi) is 7.17. The van der Waals surface area contributed by atoms with Crippen molar-refractivity contribution in [1.82, 2.24) is 5.32 Å². The van der Waals surface area contributed by atoms with Gasteiger partial charge in [0.05, 0.1) is 22.5 Å². The van der Waals surface area contributed by atoms with Crippen molar-refractivity contribution < 1.29 is 9.59 Å². The highest BCUT2D eigenvalue weighted by molar-refractivity contribution is 8.00. The third-order valence-electron chi connectivity index (χ3n) is 3.32. The monoisotopic (exact) mass is 396 g/mol. The van der Waals surface area contributed by atoms with Gasteiger partial charge in [-0.3, -0.25) is 9.59 Å². The fourth-order valence-electron chi connectivity index (χ4n) is 2.00. The summed E-state index contributed by atoms with van der Waals surface area (Å²) >= 11 is 13.3. The quantitative estimate of drug-likeness (QED) is 0.704. The Balaban J connectivity index is 1.82. The Labute approximate surface area is 161 Å². The van der Waals surface area contributed by atoms with Crippen molar-refractivity contribution in [2.75, 3.05) is 11.9 Å². The number of carbonyl (C=O) groups excluding carboxylic acids is 2. The second kappa shape index (κ2) is 9.13. The van der Waals surface area contributed by atoms with Gasteiger partial charge in [0.15, 0.2) is 0 Å². The Morgan fingerprint density at radius 2 is 1.80 bits per heavy atom. The molecule has 0 spiro atoms. The molecule has 7 heteroatoms. The Morgan fingerprint density at radius 3 is 2.44 bits per heavy atom. The van der Waals surface area contributed by atoms with Gasteiger partial charge < -0.3 is 10.6 Å². The summed E-state index contributed by atoms with van der Waals surface area (Å²) in [5.41, 5.74) is 1.53. The molecule has 0 saturated carbocycles. The number of hydrogen-bond acceptors (Lipinski definition) is 3. The molecule has 132 valence electrons. The van der Waals surface area contributed by atoms with Crippen molar-refractivity contribution in [3.05, 3.63) is 58.1 Å². The van der Waals surface area contributed by atoms with E-state index in [4.69, 9.17) is 23.2 Å². The lowest BCUT2D eigenvalue weighted by Gasteiger charge is -2.12. The van der Waals surface area contributed by atoms with E-state index in [0.717, 1.165) is 10.5 Å². The van der Waals surface area contributed by atoms with Gasteiger partial charge in [0, 0.05) is 9.92 Å². The average molecular weight is 397 g/mol.